The molecule has 0 bridgehead atoms. The molecule has 1 aliphatic rings. The Morgan fingerprint density at radius 1 is 1.25 bits per heavy atom. The minimum Gasteiger partial charge on any atom is -0.492 e. The number of hydrogen-bond acceptors (Lipinski definition) is 5. The van der Waals surface area contributed by atoms with Gasteiger partial charge in [0.25, 0.3) is 0 Å². The van der Waals surface area contributed by atoms with Gasteiger partial charge in [0.15, 0.2) is 0 Å². The highest BCUT2D eigenvalue weighted by Crippen LogP contribution is 2.30. The summed E-state index contributed by atoms with van der Waals surface area (Å²) in [7, 11) is -3.62. The molecular weight excluding hydrogens is 396 g/mol. The van der Waals surface area contributed by atoms with Crippen molar-refractivity contribution >= 4 is 33.4 Å². The monoisotopic (exact) mass is 428 g/mol. The molecule has 2 rings (SSSR count). The Balaban J connectivity index is 1.84. The molecule has 1 fully saturated rings. The van der Waals surface area contributed by atoms with Crippen LogP contribution in [0.1, 0.15) is 45.4 Å². The van der Waals surface area contributed by atoms with Crippen LogP contribution in [0.15, 0.2) is 24.3 Å². The van der Waals surface area contributed by atoms with Crippen LogP contribution in [0, 0.1) is 0 Å². The van der Waals surface area contributed by atoms with E-state index in [0.29, 0.717) is 24.6 Å². The first kappa shape index (κ1) is 22.9. The average Bonchev–Trinajstić information content (AvgIpc) is 2.67. The second kappa shape index (κ2) is 11.6. The minimum atomic E-state index is -3.62. The first-order valence-corrected chi connectivity index (χ1v) is 12.9. The number of nitrogens with one attached hydrogen (secondary N) is 1. The van der Waals surface area contributed by atoms with Gasteiger partial charge in [-0.3, -0.25) is 9.10 Å². The predicted octanol–water partition coefficient (Wildman–Crippen LogP) is 3.42. The largest absolute Gasteiger partial charge is 0.492 e. The molecule has 0 heterocycles. The second-order valence-electron chi connectivity index (χ2n) is 7.00. The number of hydrogen-bond donors (Lipinski definition) is 1. The van der Waals surface area contributed by atoms with Crippen LogP contribution >= 0.6 is 11.8 Å². The summed E-state index contributed by atoms with van der Waals surface area (Å²) in [4.78, 5) is 12.3. The van der Waals surface area contributed by atoms with Gasteiger partial charge in [0, 0.05) is 11.8 Å². The molecule has 1 N–H and O–H groups in total. The first-order chi connectivity index (χ1) is 13.4. The lowest BCUT2D eigenvalue weighted by Crippen LogP contribution is -2.40. The van der Waals surface area contributed by atoms with E-state index < -0.39 is 10.0 Å². The van der Waals surface area contributed by atoms with E-state index in [1.807, 2.05) is 18.7 Å². The fourth-order valence-corrected chi connectivity index (χ4v) is 5.46. The van der Waals surface area contributed by atoms with Crippen molar-refractivity contribution < 1.29 is 17.9 Å². The van der Waals surface area contributed by atoms with E-state index in [1.54, 1.807) is 24.3 Å². The Morgan fingerprint density at radius 3 is 2.64 bits per heavy atom. The van der Waals surface area contributed by atoms with Gasteiger partial charge < -0.3 is 10.1 Å². The molecule has 1 aromatic carbocycles. The Kier molecular flexibility index (Phi) is 9.44. The summed E-state index contributed by atoms with van der Waals surface area (Å²) in [5.41, 5.74) is 0.384. The van der Waals surface area contributed by atoms with Crippen LogP contribution in [0.3, 0.4) is 0 Å². The van der Waals surface area contributed by atoms with Crippen LogP contribution in [0.25, 0.3) is 0 Å². The molecule has 1 saturated carbocycles. The number of carbonyl (C=O) groups is 1. The Bertz CT molecular complexity index is 719. The van der Waals surface area contributed by atoms with Gasteiger partial charge in [0.1, 0.15) is 12.3 Å². The molecule has 0 radical (unpaired) electrons. The highest BCUT2D eigenvalue weighted by Gasteiger charge is 2.23. The van der Waals surface area contributed by atoms with E-state index in [9.17, 15) is 13.2 Å². The quantitative estimate of drug-likeness (QED) is 0.547. The molecule has 0 aliphatic heterocycles. The molecule has 1 aliphatic carbocycles. The number of sulfonamides is 1. The smallest absolute Gasteiger partial charge is 0.240 e. The van der Waals surface area contributed by atoms with E-state index in [1.165, 1.54) is 32.1 Å². The van der Waals surface area contributed by atoms with Gasteiger partial charge in [0.05, 0.1) is 18.6 Å². The maximum absolute atomic E-state index is 12.3. The second-order valence-corrected chi connectivity index (χ2v) is 10.3. The normalized spacial score (nSPS) is 15.2. The van der Waals surface area contributed by atoms with Crippen molar-refractivity contribution in [2.75, 3.05) is 36.0 Å². The molecule has 0 unspecified atom stereocenters. The number of anilines is 1. The first-order valence-electron chi connectivity index (χ1n) is 9.99. The molecule has 8 heteroatoms. The third-order valence-electron chi connectivity index (χ3n) is 4.67. The Morgan fingerprint density at radius 2 is 1.96 bits per heavy atom. The maximum atomic E-state index is 12.3. The van der Waals surface area contributed by atoms with Gasteiger partial charge in [-0.05, 0) is 44.1 Å². The van der Waals surface area contributed by atoms with E-state index in [-0.39, 0.29) is 12.5 Å². The van der Waals surface area contributed by atoms with Gasteiger partial charge in [-0.15, -0.1) is 0 Å². The van der Waals surface area contributed by atoms with E-state index in [4.69, 9.17) is 4.74 Å². The third kappa shape index (κ3) is 7.54. The molecule has 28 heavy (non-hydrogen) atoms. The summed E-state index contributed by atoms with van der Waals surface area (Å²) in [5.74, 6) is 1.17. The predicted molar refractivity (Wildman–Crippen MR) is 117 cm³/mol. The minimum absolute atomic E-state index is 0.251. The third-order valence-corrected chi connectivity index (χ3v) is 7.26. The van der Waals surface area contributed by atoms with E-state index >= 15 is 0 Å². The summed E-state index contributed by atoms with van der Waals surface area (Å²) in [6, 6.07) is 6.87. The lowest BCUT2D eigenvalue weighted by molar-refractivity contribution is -0.119. The summed E-state index contributed by atoms with van der Waals surface area (Å²) < 4.78 is 31.2. The molecule has 158 valence electrons. The van der Waals surface area contributed by atoms with Gasteiger partial charge in [0.2, 0.25) is 15.9 Å². The van der Waals surface area contributed by atoms with Crippen LogP contribution in [-0.4, -0.2) is 51.3 Å². The molecule has 0 aromatic heterocycles. The molecule has 6 nitrogen and oxygen atoms in total. The molecule has 0 spiro atoms. The maximum Gasteiger partial charge on any atom is 0.240 e. The summed E-state index contributed by atoms with van der Waals surface area (Å²) in [6.07, 6.45) is 8.62. The topological polar surface area (TPSA) is 75.7 Å². The molecule has 0 saturated heterocycles. The fourth-order valence-electron chi connectivity index (χ4n) is 3.29. The number of nitrogens with zero attached hydrogens (tertiary/aromatic N) is 1. The standard InChI is InChI=1S/C20H32N2O4S2/c1-3-26-19-13-8-7-12-18(19)22(28(2,24)25)16-20(23)21-14-9-15-27-17-10-5-4-6-11-17/h7-8,12-13,17H,3-6,9-11,14-16H2,1-2H3,(H,21,23). The summed E-state index contributed by atoms with van der Waals surface area (Å²) >= 11 is 2.00. The zero-order chi connectivity index (χ0) is 20.4. The lowest BCUT2D eigenvalue weighted by atomic mass is 10.0. The number of para-hydroxylation sites is 2. The van der Waals surface area contributed by atoms with Crippen LogP contribution in [0.4, 0.5) is 5.69 Å². The van der Waals surface area contributed by atoms with Gasteiger partial charge >= 0.3 is 0 Å². The molecule has 1 amide bonds. The van der Waals surface area contributed by atoms with E-state index in [2.05, 4.69) is 5.32 Å². The van der Waals surface area contributed by atoms with Crippen molar-refractivity contribution in [1.82, 2.24) is 5.32 Å². The summed E-state index contributed by atoms with van der Waals surface area (Å²) in [6.45, 7) is 2.56. The number of thioether (sulfide) groups is 1. The van der Waals surface area contributed by atoms with Crippen molar-refractivity contribution in [2.24, 2.45) is 0 Å². The lowest BCUT2D eigenvalue weighted by Gasteiger charge is -2.24. The zero-order valence-corrected chi connectivity index (χ0v) is 18.5. The SMILES string of the molecule is CCOc1ccccc1N(CC(=O)NCCCSC1CCCCC1)S(C)(=O)=O. The average molecular weight is 429 g/mol. The van der Waals surface area contributed by atoms with Crippen molar-refractivity contribution in [3.63, 3.8) is 0 Å². The number of rotatable bonds is 11. The number of carbonyl (C=O) groups excluding carboxylic acids is 1. The van der Waals surface area contributed by atoms with Gasteiger partial charge in [-0.2, -0.15) is 11.8 Å². The van der Waals surface area contributed by atoms with E-state index in [0.717, 1.165) is 28.0 Å². The van der Waals surface area contributed by atoms with Crippen LogP contribution in [0.5, 0.6) is 5.75 Å². The van der Waals surface area contributed by atoms with Crippen molar-refractivity contribution in [1.29, 1.82) is 0 Å². The number of ether oxygens (including phenoxy) is 1. The van der Waals surface area contributed by atoms with Crippen LogP contribution in [-0.2, 0) is 14.8 Å². The van der Waals surface area contributed by atoms with Crippen molar-refractivity contribution in [3.05, 3.63) is 24.3 Å². The fraction of sp³-hybridized carbons (Fsp3) is 0.650. The highest BCUT2D eigenvalue weighted by molar-refractivity contribution is 7.99. The highest BCUT2D eigenvalue weighted by atomic mass is 32.2. The molecular formula is C20H32N2O4S2. The molecule has 1 aromatic rings. The Hall–Kier alpha value is -1.41. The van der Waals surface area contributed by atoms with Crippen molar-refractivity contribution in [2.45, 2.75) is 50.7 Å². The number of benzene rings is 1. The number of amides is 1. The summed E-state index contributed by atoms with van der Waals surface area (Å²) in [5, 5.41) is 3.61. The van der Waals surface area contributed by atoms with Gasteiger partial charge in [-0.25, -0.2) is 8.42 Å². The Labute approximate surface area is 173 Å². The van der Waals surface area contributed by atoms with Crippen LogP contribution < -0.4 is 14.4 Å². The molecule has 0 atom stereocenters. The van der Waals surface area contributed by atoms with Crippen LogP contribution in [0.2, 0.25) is 0 Å². The van der Waals surface area contributed by atoms with Gasteiger partial charge in [-0.1, -0.05) is 31.4 Å². The zero-order valence-electron chi connectivity index (χ0n) is 16.9. The van der Waals surface area contributed by atoms with Crippen molar-refractivity contribution in [3.8, 4) is 5.75 Å².